The number of para-hydroxylation sites is 1. The molecule has 0 saturated carbocycles. The Kier molecular flexibility index (Phi) is 6.92. The van der Waals surface area contributed by atoms with Gasteiger partial charge in [0, 0.05) is 18.7 Å². The largest absolute Gasteiger partial charge is 0.495 e. The summed E-state index contributed by atoms with van der Waals surface area (Å²) in [4.78, 5) is 23.0. The third-order valence-corrected chi connectivity index (χ3v) is 3.46. The number of rotatable bonds is 9. The summed E-state index contributed by atoms with van der Waals surface area (Å²) in [5.74, 6) is 0.253. The van der Waals surface area contributed by atoms with Crippen molar-refractivity contribution in [2.45, 2.75) is 6.92 Å². The Balaban J connectivity index is 2.20. The molecule has 0 saturated heterocycles. The molecule has 2 rings (SSSR count). The Labute approximate surface area is 150 Å². The van der Waals surface area contributed by atoms with Crippen molar-refractivity contribution in [2.75, 3.05) is 32.2 Å². The number of nitro benzene ring substituents is 1. The lowest BCUT2D eigenvalue weighted by atomic mass is 10.1. The van der Waals surface area contributed by atoms with Gasteiger partial charge in [-0.25, -0.2) is 0 Å². The molecule has 1 amide bonds. The Hall–Kier alpha value is -3.13. The molecule has 2 aromatic carbocycles. The zero-order valence-electron chi connectivity index (χ0n) is 14.6. The van der Waals surface area contributed by atoms with Crippen molar-refractivity contribution in [1.82, 2.24) is 0 Å². The number of hydrogen-bond acceptors (Lipinski definition) is 6. The van der Waals surface area contributed by atoms with Crippen molar-refractivity contribution in [3.63, 3.8) is 0 Å². The summed E-state index contributed by atoms with van der Waals surface area (Å²) >= 11 is 0. The molecule has 1 N–H and O–H groups in total. The molecule has 0 aromatic heterocycles. The van der Waals surface area contributed by atoms with E-state index >= 15 is 0 Å². The SMILES string of the molecule is CCOCCOc1ccccc1C(=O)Nc1cc([N+](=O)[O-])ccc1OC. The molecular formula is C18H20N2O6. The van der Waals surface area contributed by atoms with Crippen molar-refractivity contribution in [3.05, 3.63) is 58.1 Å². The Morgan fingerprint density at radius 3 is 2.62 bits per heavy atom. The van der Waals surface area contributed by atoms with E-state index < -0.39 is 10.8 Å². The Morgan fingerprint density at radius 2 is 1.92 bits per heavy atom. The van der Waals surface area contributed by atoms with E-state index in [1.165, 1.54) is 25.3 Å². The molecule has 0 aliphatic heterocycles. The summed E-state index contributed by atoms with van der Waals surface area (Å²) in [6.45, 7) is 3.18. The molecule has 0 spiro atoms. The maximum atomic E-state index is 12.6. The third-order valence-electron chi connectivity index (χ3n) is 3.46. The standard InChI is InChI=1S/C18H20N2O6/c1-3-25-10-11-26-16-7-5-4-6-14(16)18(21)19-15-12-13(20(22)23)8-9-17(15)24-2/h4-9,12H,3,10-11H2,1-2H3,(H,19,21). The molecule has 0 heterocycles. The van der Waals surface area contributed by atoms with Gasteiger partial charge in [0.2, 0.25) is 0 Å². The molecule has 8 nitrogen and oxygen atoms in total. The van der Waals surface area contributed by atoms with Gasteiger partial charge in [0.05, 0.1) is 29.9 Å². The number of non-ortho nitro benzene ring substituents is 1. The minimum absolute atomic E-state index is 0.151. The number of anilines is 1. The van der Waals surface area contributed by atoms with E-state index in [1.54, 1.807) is 24.3 Å². The summed E-state index contributed by atoms with van der Waals surface area (Å²) in [5, 5.41) is 13.6. The second kappa shape index (κ2) is 9.38. The van der Waals surface area contributed by atoms with Crippen molar-refractivity contribution in [2.24, 2.45) is 0 Å². The summed E-state index contributed by atoms with van der Waals surface area (Å²) < 4.78 is 16.0. The summed E-state index contributed by atoms with van der Waals surface area (Å²) in [7, 11) is 1.42. The average Bonchev–Trinajstić information content (AvgIpc) is 2.65. The smallest absolute Gasteiger partial charge is 0.271 e. The highest BCUT2D eigenvalue weighted by Gasteiger charge is 2.17. The lowest BCUT2D eigenvalue weighted by molar-refractivity contribution is -0.384. The second-order valence-corrected chi connectivity index (χ2v) is 5.14. The molecule has 0 bridgehead atoms. The Morgan fingerprint density at radius 1 is 1.15 bits per heavy atom. The number of benzene rings is 2. The van der Waals surface area contributed by atoms with Gasteiger partial charge < -0.3 is 19.5 Å². The highest BCUT2D eigenvalue weighted by Crippen LogP contribution is 2.30. The second-order valence-electron chi connectivity index (χ2n) is 5.14. The van der Waals surface area contributed by atoms with Crippen LogP contribution in [-0.4, -0.2) is 37.8 Å². The molecule has 0 aliphatic rings. The molecule has 26 heavy (non-hydrogen) atoms. The van der Waals surface area contributed by atoms with Crippen LogP contribution in [0.1, 0.15) is 17.3 Å². The third kappa shape index (κ3) is 4.93. The molecule has 8 heteroatoms. The number of nitrogens with one attached hydrogen (secondary N) is 1. The van der Waals surface area contributed by atoms with Crippen LogP contribution in [0.4, 0.5) is 11.4 Å². The highest BCUT2D eigenvalue weighted by molar-refractivity contribution is 6.07. The zero-order valence-corrected chi connectivity index (χ0v) is 14.6. The molecule has 0 unspecified atom stereocenters. The van der Waals surface area contributed by atoms with Crippen LogP contribution in [0, 0.1) is 10.1 Å². The summed E-state index contributed by atoms with van der Waals surface area (Å²) in [5.41, 5.74) is 0.357. The molecule has 0 atom stereocenters. The maximum Gasteiger partial charge on any atom is 0.271 e. The fraction of sp³-hybridized carbons (Fsp3) is 0.278. The average molecular weight is 360 g/mol. The topological polar surface area (TPSA) is 99.9 Å². The normalized spacial score (nSPS) is 10.2. The van der Waals surface area contributed by atoms with E-state index in [9.17, 15) is 14.9 Å². The minimum atomic E-state index is -0.542. The van der Waals surface area contributed by atoms with Gasteiger partial charge in [-0.2, -0.15) is 0 Å². The first-order chi connectivity index (χ1) is 12.6. The molecule has 2 aromatic rings. The van der Waals surface area contributed by atoms with Crippen molar-refractivity contribution >= 4 is 17.3 Å². The number of nitrogens with zero attached hydrogens (tertiary/aromatic N) is 1. The van der Waals surface area contributed by atoms with Crippen molar-refractivity contribution < 1.29 is 23.9 Å². The number of ether oxygens (including phenoxy) is 3. The van der Waals surface area contributed by atoms with Gasteiger partial charge in [-0.15, -0.1) is 0 Å². The van der Waals surface area contributed by atoms with Crippen LogP contribution in [0.5, 0.6) is 11.5 Å². The van der Waals surface area contributed by atoms with Gasteiger partial charge in [0.15, 0.2) is 0 Å². The van der Waals surface area contributed by atoms with Gasteiger partial charge in [0.25, 0.3) is 11.6 Å². The van der Waals surface area contributed by atoms with Crippen LogP contribution in [0.2, 0.25) is 0 Å². The molecule has 0 radical (unpaired) electrons. The van der Waals surface area contributed by atoms with E-state index in [4.69, 9.17) is 14.2 Å². The molecular weight excluding hydrogens is 340 g/mol. The molecule has 138 valence electrons. The first-order valence-corrected chi connectivity index (χ1v) is 8.00. The lowest BCUT2D eigenvalue weighted by Crippen LogP contribution is -2.15. The van der Waals surface area contributed by atoms with Gasteiger partial charge in [-0.3, -0.25) is 14.9 Å². The van der Waals surface area contributed by atoms with Crippen LogP contribution in [0.3, 0.4) is 0 Å². The number of amides is 1. The van der Waals surface area contributed by atoms with Crippen LogP contribution in [0.15, 0.2) is 42.5 Å². The highest BCUT2D eigenvalue weighted by atomic mass is 16.6. The number of hydrogen-bond donors (Lipinski definition) is 1. The molecule has 0 aliphatic carbocycles. The van der Waals surface area contributed by atoms with Gasteiger partial charge >= 0.3 is 0 Å². The zero-order chi connectivity index (χ0) is 18.9. The number of carbonyl (C=O) groups is 1. The fourth-order valence-corrected chi connectivity index (χ4v) is 2.23. The van der Waals surface area contributed by atoms with Crippen molar-refractivity contribution in [3.8, 4) is 11.5 Å². The first-order valence-electron chi connectivity index (χ1n) is 8.00. The predicted octanol–water partition coefficient (Wildman–Crippen LogP) is 3.27. The lowest BCUT2D eigenvalue weighted by Gasteiger charge is -2.13. The summed E-state index contributed by atoms with van der Waals surface area (Å²) in [6, 6.07) is 10.7. The fourth-order valence-electron chi connectivity index (χ4n) is 2.23. The predicted molar refractivity (Wildman–Crippen MR) is 96.0 cm³/mol. The van der Waals surface area contributed by atoms with E-state index in [2.05, 4.69) is 5.32 Å². The van der Waals surface area contributed by atoms with Crippen LogP contribution < -0.4 is 14.8 Å². The van der Waals surface area contributed by atoms with Crippen LogP contribution in [0.25, 0.3) is 0 Å². The van der Waals surface area contributed by atoms with E-state index in [0.717, 1.165) is 0 Å². The minimum Gasteiger partial charge on any atom is -0.495 e. The van der Waals surface area contributed by atoms with Crippen LogP contribution in [-0.2, 0) is 4.74 Å². The number of carbonyl (C=O) groups excluding carboxylic acids is 1. The van der Waals surface area contributed by atoms with Gasteiger partial charge in [0.1, 0.15) is 18.1 Å². The van der Waals surface area contributed by atoms with Crippen LogP contribution >= 0.6 is 0 Å². The van der Waals surface area contributed by atoms with E-state index in [1.807, 2.05) is 6.92 Å². The quantitative estimate of drug-likeness (QED) is 0.418. The number of methoxy groups -OCH3 is 1. The Bertz CT molecular complexity index is 778. The van der Waals surface area contributed by atoms with E-state index in [-0.39, 0.29) is 11.4 Å². The van der Waals surface area contributed by atoms with Gasteiger partial charge in [-0.05, 0) is 25.1 Å². The monoisotopic (exact) mass is 360 g/mol. The van der Waals surface area contributed by atoms with Crippen molar-refractivity contribution in [1.29, 1.82) is 0 Å². The molecule has 0 fully saturated rings. The summed E-state index contributed by atoms with van der Waals surface area (Å²) in [6.07, 6.45) is 0. The number of nitro groups is 1. The maximum absolute atomic E-state index is 12.6. The van der Waals surface area contributed by atoms with E-state index in [0.29, 0.717) is 36.9 Å². The first kappa shape index (κ1) is 19.2. The van der Waals surface area contributed by atoms with Gasteiger partial charge in [-0.1, -0.05) is 12.1 Å².